The Morgan fingerprint density at radius 2 is 1.93 bits per heavy atom. The van der Waals surface area contributed by atoms with Crippen molar-refractivity contribution in [2.24, 2.45) is 0 Å². The number of fused-ring (bicyclic) bond motifs is 1. The minimum Gasteiger partial charge on any atom is -0.395 e. The van der Waals surface area contributed by atoms with Crippen LogP contribution in [-0.2, 0) is 5.41 Å². The Balaban J connectivity index is 2.71. The lowest BCUT2D eigenvalue weighted by Gasteiger charge is -2.23. The molecule has 1 N–H and O–H groups in total. The normalized spacial score (nSPS) is 11.9. The summed E-state index contributed by atoms with van der Waals surface area (Å²) in [5.41, 5.74) is 1.91. The first kappa shape index (κ1) is 10.1. The molecule has 0 saturated heterocycles. The Labute approximate surface area is 89.6 Å². The number of aromatic nitrogens is 1. The molecule has 0 fully saturated rings. The molecule has 0 unspecified atom stereocenters. The molecule has 0 aliphatic heterocycles. The summed E-state index contributed by atoms with van der Waals surface area (Å²) in [5, 5.41) is 10.5. The summed E-state index contributed by atoms with van der Waals surface area (Å²) < 4.78 is 0. The van der Waals surface area contributed by atoms with Crippen LogP contribution in [0.4, 0.5) is 0 Å². The molecular formula is C13H15NO. The first-order valence-electron chi connectivity index (χ1n) is 5.10. The summed E-state index contributed by atoms with van der Waals surface area (Å²) >= 11 is 0. The molecule has 1 aromatic carbocycles. The van der Waals surface area contributed by atoms with Gasteiger partial charge in [-0.15, -0.1) is 0 Å². The van der Waals surface area contributed by atoms with E-state index in [4.69, 9.17) is 0 Å². The molecular weight excluding hydrogens is 186 g/mol. The van der Waals surface area contributed by atoms with Crippen molar-refractivity contribution in [2.75, 3.05) is 6.61 Å². The maximum atomic E-state index is 9.39. The Bertz CT molecular complexity index is 471. The molecule has 2 heteroatoms. The number of para-hydroxylation sites is 1. The maximum absolute atomic E-state index is 9.39. The fraction of sp³-hybridized carbons (Fsp3) is 0.308. The smallest absolute Gasteiger partial charge is 0.0704 e. The van der Waals surface area contributed by atoms with Gasteiger partial charge in [0.15, 0.2) is 0 Å². The van der Waals surface area contributed by atoms with E-state index in [0.29, 0.717) is 0 Å². The highest BCUT2D eigenvalue weighted by molar-refractivity contribution is 5.82. The van der Waals surface area contributed by atoms with E-state index in [1.54, 1.807) is 6.20 Å². The van der Waals surface area contributed by atoms with E-state index in [0.717, 1.165) is 16.5 Å². The van der Waals surface area contributed by atoms with Crippen LogP contribution in [0, 0.1) is 0 Å². The third kappa shape index (κ3) is 1.73. The van der Waals surface area contributed by atoms with E-state index in [9.17, 15) is 5.11 Å². The van der Waals surface area contributed by atoms with Crippen LogP contribution < -0.4 is 0 Å². The number of hydrogen-bond acceptors (Lipinski definition) is 2. The van der Waals surface area contributed by atoms with Gasteiger partial charge in [-0.25, -0.2) is 0 Å². The number of pyridine rings is 1. The zero-order valence-corrected chi connectivity index (χ0v) is 9.07. The van der Waals surface area contributed by atoms with Gasteiger partial charge in [0, 0.05) is 17.0 Å². The van der Waals surface area contributed by atoms with Gasteiger partial charge in [0.1, 0.15) is 0 Å². The minimum absolute atomic E-state index is 0.140. The predicted molar refractivity (Wildman–Crippen MR) is 61.9 cm³/mol. The molecule has 78 valence electrons. The van der Waals surface area contributed by atoms with Crippen molar-refractivity contribution in [3.8, 4) is 0 Å². The summed E-state index contributed by atoms with van der Waals surface area (Å²) in [7, 11) is 0. The Morgan fingerprint density at radius 1 is 1.20 bits per heavy atom. The molecule has 0 spiro atoms. The van der Waals surface area contributed by atoms with E-state index in [1.165, 1.54) is 0 Å². The summed E-state index contributed by atoms with van der Waals surface area (Å²) in [4.78, 5) is 4.31. The van der Waals surface area contributed by atoms with Gasteiger partial charge in [0.05, 0.1) is 12.1 Å². The highest BCUT2D eigenvalue weighted by atomic mass is 16.3. The summed E-state index contributed by atoms with van der Waals surface area (Å²) in [5.74, 6) is 0. The second-order valence-corrected chi connectivity index (χ2v) is 4.42. The van der Waals surface area contributed by atoms with Gasteiger partial charge < -0.3 is 5.11 Å². The number of aliphatic hydroxyl groups excluding tert-OH is 1. The van der Waals surface area contributed by atoms with Gasteiger partial charge >= 0.3 is 0 Å². The number of aliphatic hydroxyl groups is 1. The van der Waals surface area contributed by atoms with E-state index < -0.39 is 0 Å². The third-order valence-corrected chi connectivity index (χ3v) is 2.77. The molecule has 15 heavy (non-hydrogen) atoms. The molecule has 0 amide bonds. The molecule has 0 radical (unpaired) electrons. The fourth-order valence-corrected chi connectivity index (χ4v) is 1.77. The molecule has 0 aliphatic rings. The topological polar surface area (TPSA) is 33.1 Å². The quantitative estimate of drug-likeness (QED) is 0.809. The fourth-order valence-electron chi connectivity index (χ4n) is 1.77. The van der Waals surface area contributed by atoms with Crippen molar-refractivity contribution >= 4 is 10.9 Å². The van der Waals surface area contributed by atoms with Gasteiger partial charge in [0.25, 0.3) is 0 Å². The Hall–Kier alpha value is -1.41. The minimum atomic E-state index is -0.220. The standard InChI is InChI=1S/C13H15NO/c1-13(2,9-15)11-7-8-14-12-6-4-3-5-10(11)12/h3-8,15H,9H2,1-2H3. The zero-order valence-electron chi connectivity index (χ0n) is 9.07. The van der Waals surface area contributed by atoms with Crippen LogP contribution in [0.15, 0.2) is 36.5 Å². The van der Waals surface area contributed by atoms with Gasteiger partial charge in [-0.1, -0.05) is 32.0 Å². The molecule has 2 nitrogen and oxygen atoms in total. The van der Waals surface area contributed by atoms with Gasteiger partial charge in [-0.3, -0.25) is 4.98 Å². The molecule has 1 aromatic heterocycles. The summed E-state index contributed by atoms with van der Waals surface area (Å²) in [6.45, 7) is 4.21. The van der Waals surface area contributed by atoms with Gasteiger partial charge in [0.2, 0.25) is 0 Å². The van der Waals surface area contributed by atoms with Crippen molar-refractivity contribution in [2.45, 2.75) is 19.3 Å². The van der Waals surface area contributed by atoms with Crippen molar-refractivity contribution in [3.63, 3.8) is 0 Å². The van der Waals surface area contributed by atoms with Crippen molar-refractivity contribution in [1.29, 1.82) is 0 Å². The van der Waals surface area contributed by atoms with Crippen LogP contribution in [-0.4, -0.2) is 16.7 Å². The predicted octanol–water partition coefficient (Wildman–Crippen LogP) is 2.50. The van der Waals surface area contributed by atoms with Gasteiger partial charge in [-0.2, -0.15) is 0 Å². The summed E-state index contributed by atoms with van der Waals surface area (Å²) in [6, 6.07) is 10.0. The van der Waals surface area contributed by atoms with Crippen molar-refractivity contribution < 1.29 is 5.11 Å². The third-order valence-electron chi connectivity index (χ3n) is 2.77. The number of nitrogens with zero attached hydrogens (tertiary/aromatic N) is 1. The first-order chi connectivity index (χ1) is 7.15. The second-order valence-electron chi connectivity index (χ2n) is 4.42. The van der Waals surface area contributed by atoms with Crippen LogP contribution >= 0.6 is 0 Å². The van der Waals surface area contributed by atoms with Crippen LogP contribution in [0.2, 0.25) is 0 Å². The SMILES string of the molecule is CC(C)(CO)c1ccnc2ccccc12. The molecule has 2 rings (SSSR count). The zero-order chi connectivity index (χ0) is 10.9. The monoisotopic (exact) mass is 201 g/mol. The maximum Gasteiger partial charge on any atom is 0.0704 e. The van der Waals surface area contributed by atoms with E-state index in [1.807, 2.05) is 38.1 Å². The molecule has 1 heterocycles. The molecule has 0 atom stereocenters. The lowest BCUT2D eigenvalue weighted by molar-refractivity contribution is 0.219. The highest BCUT2D eigenvalue weighted by Gasteiger charge is 2.21. The average molecular weight is 201 g/mol. The van der Waals surface area contributed by atoms with Gasteiger partial charge in [-0.05, 0) is 17.7 Å². The molecule has 2 aromatic rings. The average Bonchev–Trinajstić information content (AvgIpc) is 2.28. The van der Waals surface area contributed by atoms with Crippen LogP contribution in [0.1, 0.15) is 19.4 Å². The largest absolute Gasteiger partial charge is 0.395 e. The van der Waals surface area contributed by atoms with Crippen LogP contribution in [0.5, 0.6) is 0 Å². The molecule has 0 bridgehead atoms. The van der Waals surface area contributed by atoms with Crippen molar-refractivity contribution in [1.82, 2.24) is 4.98 Å². The van der Waals surface area contributed by atoms with E-state index >= 15 is 0 Å². The lowest BCUT2D eigenvalue weighted by atomic mass is 9.84. The highest BCUT2D eigenvalue weighted by Crippen LogP contribution is 2.28. The lowest BCUT2D eigenvalue weighted by Crippen LogP contribution is -2.22. The van der Waals surface area contributed by atoms with Crippen LogP contribution in [0.25, 0.3) is 10.9 Å². The number of rotatable bonds is 2. The second kappa shape index (κ2) is 3.63. The van der Waals surface area contributed by atoms with E-state index in [2.05, 4.69) is 11.1 Å². The molecule has 0 saturated carbocycles. The van der Waals surface area contributed by atoms with Crippen LogP contribution in [0.3, 0.4) is 0 Å². The molecule has 0 aliphatic carbocycles. The van der Waals surface area contributed by atoms with E-state index in [-0.39, 0.29) is 12.0 Å². The Morgan fingerprint density at radius 3 is 2.67 bits per heavy atom. The number of hydrogen-bond donors (Lipinski definition) is 1. The number of benzene rings is 1. The van der Waals surface area contributed by atoms with Crippen molar-refractivity contribution in [3.05, 3.63) is 42.1 Å². The summed E-state index contributed by atoms with van der Waals surface area (Å²) in [6.07, 6.45) is 1.80. The first-order valence-corrected chi connectivity index (χ1v) is 5.10. The Kier molecular flexibility index (Phi) is 2.45.